The van der Waals surface area contributed by atoms with Gasteiger partial charge in [0.15, 0.2) is 0 Å². The first-order valence-corrected chi connectivity index (χ1v) is 11.6. The molecule has 0 bridgehead atoms. The predicted molar refractivity (Wildman–Crippen MR) is 132 cm³/mol. The molecule has 0 saturated heterocycles. The van der Waals surface area contributed by atoms with Crippen molar-refractivity contribution in [2.45, 2.75) is 5.41 Å². The Hall–Kier alpha value is -2.56. The fourth-order valence-corrected chi connectivity index (χ4v) is 5.71. The minimum absolute atomic E-state index is 0.462. The van der Waals surface area contributed by atoms with Crippen molar-refractivity contribution in [3.05, 3.63) is 116 Å². The lowest BCUT2D eigenvalue weighted by molar-refractivity contribution is 0.414. The number of rotatable bonds is 4. The van der Waals surface area contributed by atoms with Crippen LogP contribution in [0.15, 0.2) is 93.9 Å². The number of fused-ring (bicyclic) bond motifs is 3. The zero-order chi connectivity index (χ0) is 21.6. The Morgan fingerprint density at radius 2 is 1.23 bits per heavy atom. The summed E-state index contributed by atoms with van der Waals surface area (Å²) in [7, 11) is 3.39. The third kappa shape index (κ3) is 3.04. The van der Waals surface area contributed by atoms with Gasteiger partial charge in [-0.1, -0.05) is 74.3 Å². The standard InChI is InChI=1S/C27H20Br2O2/c1-30-20-11-6-17(7-12-20)27(18-8-13-21(31-2)14-9-18)23-4-3-5-25(29)26(23)22-15-10-19(28)16-24(22)27/h3-16H,1-2H3. The molecule has 1 aliphatic carbocycles. The van der Waals surface area contributed by atoms with Gasteiger partial charge in [0.05, 0.1) is 19.6 Å². The molecule has 31 heavy (non-hydrogen) atoms. The highest BCUT2D eigenvalue weighted by Gasteiger charge is 2.46. The highest BCUT2D eigenvalue weighted by atomic mass is 79.9. The number of hydrogen-bond acceptors (Lipinski definition) is 2. The van der Waals surface area contributed by atoms with Gasteiger partial charge in [0.1, 0.15) is 11.5 Å². The number of hydrogen-bond donors (Lipinski definition) is 0. The number of ether oxygens (including phenoxy) is 2. The van der Waals surface area contributed by atoms with Gasteiger partial charge >= 0.3 is 0 Å². The first-order chi connectivity index (χ1) is 15.1. The van der Waals surface area contributed by atoms with Gasteiger partial charge in [-0.15, -0.1) is 0 Å². The molecule has 0 radical (unpaired) electrons. The zero-order valence-electron chi connectivity index (χ0n) is 17.2. The van der Waals surface area contributed by atoms with Crippen LogP contribution < -0.4 is 9.47 Å². The Bertz CT molecular complexity index is 1210. The highest BCUT2D eigenvalue weighted by Crippen LogP contribution is 2.58. The van der Waals surface area contributed by atoms with Crippen molar-refractivity contribution in [3.63, 3.8) is 0 Å². The Morgan fingerprint density at radius 1 is 0.645 bits per heavy atom. The Morgan fingerprint density at radius 3 is 1.77 bits per heavy atom. The number of halogens is 2. The van der Waals surface area contributed by atoms with Crippen molar-refractivity contribution in [2.75, 3.05) is 14.2 Å². The van der Waals surface area contributed by atoms with Gasteiger partial charge in [0.25, 0.3) is 0 Å². The van der Waals surface area contributed by atoms with Crippen molar-refractivity contribution >= 4 is 31.9 Å². The SMILES string of the molecule is COc1ccc(C2(c3ccc(OC)cc3)c3cc(Br)ccc3-c3c(Br)cccc32)cc1. The lowest BCUT2D eigenvalue weighted by Gasteiger charge is -2.34. The van der Waals surface area contributed by atoms with Gasteiger partial charge in [-0.25, -0.2) is 0 Å². The highest BCUT2D eigenvalue weighted by molar-refractivity contribution is 9.10. The van der Waals surface area contributed by atoms with Crippen molar-refractivity contribution < 1.29 is 9.47 Å². The normalized spacial score (nSPS) is 13.4. The van der Waals surface area contributed by atoms with E-state index < -0.39 is 5.41 Å². The van der Waals surface area contributed by atoms with Crippen LogP contribution in [0.2, 0.25) is 0 Å². The lowest BCUT2D eigenvalue weighted by atomic mass is 9.68. The largest absolute Gasteiger partial charge is 0.497 e. The molecule has 0 unspecified atom stereocenters. The summed E-state index contributed by atoms with van der Waals surface area (Å²) < 4.78 is 13.0. The molecule has 1 aliphatic rings. The predicted octanol–water partition coefficient (Wildman–Crippen LogP) is 7.59. The van der Waals surface area contributed by atoms with Crippen LogP contribution in [-0.4, -0.2) is 14.2 Å². The molecule has 0 aromatic heterocycles. The monoisotopic (exact) mass is 534 g/mol. The van der Waals surface area contributed by atoms with Gasteiger partial charge in [0.2, 0.25) is 0 Å². The third-order valence-electron chi connectivity index (χ3n) is 6.12. The van der Waals surface area contributed by atoms with Gasteiger partial charge in [-0.3, -0.25) is 0 Å². The average Bonchev–Trinajstić information content (AvgIpc) is 3.10. The van der Waals surface area contributed by atoms with Crippen LogP contribution >= 0.6 is 31.9 Å². The second kappa shape index (κ2) is 7.85. The van der Waals surface area contributed by atoms with E-state index >= 15 is 0 Å². The molecule has 0 atom stereocenters. The van der Waals surface area contributed by atoms with Crippen molar-refractivity contribution in [3.8, 4) is 22.6 Å². The summed E-state index contributed by atoms with van der Waals surface area (Å²) in [6.07, 6.45) is 0. The van der Waals surface area contributed by atoms with Gasteiger partial charge in [-0.05, 0) is 70.3 Å². The maximum absolute atomic E-state index is 5.45. The van der Waals surface area contributed by atoms with Crippen molar-refractivity contribution in [1.29, 1.82) is 0 Å². The van der Waals surface area contributed by atoms with Crippen LogP contribution in [0, 0.1) is 0 Å². The molecule has 0 heterocycles. The van der Waals surface area contributed by atoms with E-state index in [-0.39, 0.29) is 0 Å². The maximum Gasteiger partial charge on any atom is 0.118 e. The lowest BCUT2D eigenvalue weighted by Crippen LogP contribution is -2.28. The van der Waals surface area contributed by atoms with Crippen LogP contribution in [0.1, 0.15) is 22.3 Å². The fourth-order valence-electron chi connectivity index (χ4n) is 4.77. The van der Waals surface area contributed by atoms with Crippen LogP contribution in [-0.2, 0) is 5.41 Å². The molecule has 0 spiro atoms. The van der Waals surface area contributed by atoms with Crippen LogP contribution in [0.3, 0.4) is 0 Å². The number of benzene rings is 4. The van der Waals surface area contributed by atoms with Gasteiger partial charge in [-0.2, -0.15) is 0 Å². The molecule has 0 fully saturated rings. The second-order valence-electron chi connectivity index (χ2n) is 7.56. The molecule has 0 saturated carbocycles. The van der Waals surface area contributed by atoms with Crippen molar-refractivity contribution in [1.82, 2.24) is 0 Å². The van der Waals surface area contributed by atoms with Crippen molar-refractivity contribution in [2.24, 2.45) is 0 Å². The summed E-state index contributed by atoms with van der Waals surface area (Å²) in [4.78, 5) is 0. The van der Waals surface area contributed by atoms with Crippen LogP contribution in [0.5, 0.6) is 11.5 Å². The van der Waals surface area contributed by atoms with Crippen LogP contribution in [0.25, 0.3) is 11.1 Å². The fraction of sp³-hybridized carbons (Fsp3) is 0.111. The minimum atomic E-state index is -0.462. The summed E-state index contributed by atoms with van der Waals surface area (Å²) in [5, 5.41) is 0. The molecule has 4 aromatic carbocycles. The molecule has 4 heteroatoms. The van der Waals surface area contributed by atoms with E-state index in [9.17, 15) is 0 Å². The topological polar surface area (TPSA) is 18.5 Å². The molecule has 0 amide bonds. The van der Waals surface area contributed by atoms with E-state index in [2.05, 4.69) is 92.5 Å². The van der Waals surface area contributed by atoms with E-state index in [1.807, 2.05) is 24.3 Å². The molecule has 0 aliphatic heterocycles. The smallest absolute Gasteiger partial charge is 0.118 e. The first kappa shape index (κ1) is 20.3. The summed E-state index contributed by atoms with van der Waals surface area (Å²) in [5.41, 5.74) is 6.89. The molecule has 4 aromatic rings. The molecule has 154 valence electrons. The Kier molecular flexibility index (Phi) is 5.15. The van der Waals surface area contributed by atoms with Gasteiger partial charge < -0.3 is 9.47 Å². The quantitative estimate of drug-likeness (QED) is 0.236. The van der Waals surface area contributed by atoms with Gasteiger partial charge in [0, 0.05) is 14.5 Å². The number of methoxy groups -OCH3 is 2. The van der Waals surface area contributed by atoms with E-state index in [0.29, 0.717) is 0 Å². The summed E-state index contributed by atoms with van der Waals surface area (Å²) in [6, 6.07) is 29.9. The van der Waals surface area contributed by atoms with E-state index in [0.717, 1.165) is 20.4 Å². The second-order valence-corrected chi connectivity index (χ2v) is 9.33. The molecular formula is C27H20Br2O2. The first-order valence-electron chi connectivity index (χ1n) is 9.98. The molecule has 5 rings (SSSR count). The molecule has 2 nitrogen and oxygen atoms in total. The van der Waals surface area contributed by atoms with E-state index in [4.69, 9.17) is 9.47 Å². The minimum Gasteiger partial charge on any atom is -0.497 e. The van der Waals surface area contributed by atoms with Crippen LogP contribution in [0.4, 0.5) is 0 Å². The summed E-state index contributed by atoms with van der Waals surface area (Å²) >= 11 is 7.55. The maximum atomic E-state index is 5.45. The molecule has 0 N–H and O–H groups in total. The summed E-state index contributed by atoms with van der Waals surface area (Å²) in [6.45, 7) is 0. The third-order valence-corrected chi connectivity index (χ3v) is 7.27. The molecular weight excluding hydrogens is 516 g/mol. The Labute approximate surface area is 199 Å². The zero-order valence-corrected chi connectivity index (χ0v) is 20.3. The Balaban J connectivity index is 1.92. The average molecular weight is 536 g/mol. The van der Waals surface area contributed by atoms with E-state index in [1.54, 1.807) is 14.2 Å². The van der Waals surface area contributed by atoms with E-state index in [1.165, 1.54) is 33.4 Å². The summed E-state index contributed by atoms with van der Waals surface area (Å²) in [5.74, 6) is 1.69.